The normalized spacial score (nSPS) is 12.1. The molecule has 0 radical (unpaired) electrons. The first-order valence-electron chi connectivity index (χ1n) is 6.73. The first-order valence-corrected chi connectivity index (χ1v) is 6.73. The molecule has 2 rings (SSSR count). The average molecular weight is 290 g/mol. The van der Waals surface area contributed by atoms with Gasteiger partial charge in [0.25, 0.3) is 0 Å². The van der Waals surface area contributed by atoms with Gasteiger partial charge in [-0.1, -0.05) is 18.2 Å². The minimum absolute atomic E-state index is 0.0903. The van der Waals surface area contributed by atoms with Gasteiger partial charge in [-0.2, -0.15) is 0 Å². The molecule has 0 bridgehead atoms. The quantitative estimate of drug-likeness (QED) is 0.789. The number of nitrogens with one attached hydrogen (secondary N) is 2. The zero-order valence-electron chi connectivity index (χ0n) is 12.0. The van der Waals surface area contributed by atoms with Gasteiger partial charge in [0.1, 0.15) is 11.3 Å². The van der Waals surface area contributed by atoms with Crippen molar-refractivity contribution in [1.82, 2.24) is 10.6 Å². The monoisotopic (exact) mass is 290 g/mol. The number of benzene rings is 1. The van der Waals surface area contributed by atoms with Crippen molar-refractivity contribution in [3.63, 3.8) is 0 Å². The van der Waals surface area contributed by atoms with E-state index in [1.807, 2.05) is 38.1 Å². The molecule has 1 unspecified atom stereocenters. The lowest BCUT2D eigenvalue weighted by atomic mass is 10.1. The number of carboxylic acids is 1. The molecule has 0 aliphatic carbocycles. The van der Waals surface area contributed by atoms with E-state index in [-0.39, 0.29) is 19.0 Å². The van der Waals surface area contributed by atoms with Gasteiger partial charge in [-0.3, -0.25) is 4.79 Å². The SMILES string of the molecule is Cc1c(C(C)NC(=O)NCCC(=O)O)oc2ccccc12. The second-order valence-corrected chi connectivity index (χ2v) is 4.85. The Morgan fingerprint density at radius 3 is 2.71 bits per heavy atom. The van der Waals surface area contributed by atoms with Crippen LogP contribution in [0.25, 0.3) is 11.0 Å². The molecule has 3 N–H and O–H groups in total. The van der Waals surface area contributed by atoms with Crippen LogP contribution in [0.1, 0.15) is 30.7 Å². The van der Waals surface area contributed by atoms with E-state index >= 15 is 0 Å². The Balaban J connectivity index is 2.01. The van der Waals surface area contributed by atoms with Crippen LogP contribution in [-0.4, -0.2) is 23.7 Å². The van der Waals surface area contributed by atoms with Gasteiger partial charge >= 0.3 is 12.0 Å². The van der Waals surface area contributed by atoms with E-state index in [0.29, 0.717) is 5.76 Å². The smallest absolute Gasteiger partial charge is 0.315 e. The molecule has 21 heavy (non-hydrogen) atoms. The Kier molecular flexibility index (Phi) is 4.47. The Hall–Kier alpha value is -2.50. The topological polar surface area (TPSA) is 91.6 Å². The zero-order valence-corrected chi connectivity index (χ0v) is 12.0. The molecule has 0 fully saturated rings. The number of aliphatic carboxylic acids is 1. The second-order valence-electron chi connectivity index (χ2n) is 4.85. The number of furan rings is 1. The van der Waals surface area contributed by atoms with Crippen LogP contribution in [0.15, 0.2) is 28.7 Å². The van der Waals surface area contributed by atoms with Crippen LogP contribution in [0.3, 0.4) is 0 Å². The molecule has 2 amide bonds. The number of rotatable bonds is 5. The first-order chi connectivity index (χ1) is 9.99. The number of fused-ring (bicyclic) bond motifs is 1. The maximum absolute atomic E-state index is 11.7. The lowest BCUT2D eigenvalue weighted by Gasteiger charge is -2.13. The molecule has 1 aromatic heterocycles. The van der Waals surface area contributed by atoms with E-state index in [1.165, 1.54) is 0 Å². The minimum Gasteiger partial charge on any atom is -0.481 e. The van der Waals surface area contributed by atoms with Gasteiger partial charge in [-0.15, -0.1) is 0 Å². The van der Waals surface area contributed by atoms with Crippen LogP contribution in [0, 0.1) is 6.92 Å². The molecular weight excluding hydrogens is 272 g/mol. The van der Waals surface area contributed by atoms with Gasteiger partial charge in [-0.25, -0.2) is 4.79 Å². The van der Waals surface area contributed by atoms with Gasteiger partial charge in [0.05, 0.1) is 12.5 Å². The number of carboxylic acid groups (broad SMARTS) is 1. The Morgan fingerprint density at radius 1 is 1.33 bits per heavy atom. The predicted molar refractivity (Wildman–Crippen MR) is 78.2 cm³/mol. The molecule has 0 aliphatic rings. The standard InChI is InChI=1S/C15H18N2O4/c1-9-11-5-3-4-6-12(11)21-14(9)10(2)17-15(20)16-8-7-13(18)19/h3-6,10H,7-8H2,1-2H3,(H,18,19)(H2,16,17,20). The molecule has 0 spiro atoms. The minimum atomic E-state index is -0.948. The Bertz CT molecular complexity index is 663. The predicted octanol–water partition coefficient (Wildman–Crippen LogP) is 2.58. The van der Waals surface area contributed by atoms with Crippen molar-refractivity contribution in [3.8, 4) is 0 Å². The van der Waals surface area contributed by atoms with Crippen molar-refractivity contribution >= 4 is 23.0 Å². The van der Waals surface area contributed by atoms with E-state index < -0.39 is 12.0 Å². The fourth-order valence-corrected chi connectivity index (χ4v) is 2.20. The lowest BCUT2D eigenvalue weighted by molar-refractivity contribution is -0.136. The van der Waals surface area contributed by atoms with Gasteiger partial charge in [0, 0.05) is 17.5 Å². The fraction of sp³-hybridized carbons (Fsp3) is 0.333. The highest BCUT2D eigenvalue weighted by Crippen LogP contribution is 2.28. The van der Waals surface area contributed by atoms with Crippen LogP contribution in [-0.2, 0) is 4.79 Å². The summed E-state index contributed by atoms with van der Waals surface area (Å²) in [5.41, 5.74) is 1.77. The van der Waals surface area contributed by atoms with Crippen molar-refractivity contribution in [1.29, 1.82) is 0 Å². The zero-order chi connectivity index (χ0) is 15.4. The molecule has 1 heterocycles. The summed E-state index contributed by atoms with van der Waals surface area (Å²) < 4.78 is 5.77. The highest BCUT2D eigenvalue weighted by molar-refractivity contribution is 5.82. The van der Waals surface area contributed by atoms with Crippen molar-refractivity contribution in [3.05, 3.63) is 35.6 Å². The maximum Gasteiger partial charge on any atom is 0.315 e. The Labute approximate surface area is 122 Å². The van der Waals surface area contributed by atoms with E-state index in [9.17, 15) is 9.59 Å². The summed E-state index contributed by atoms with van der Waals surface area (Å²) in [6.45, 7) is 3.86. The second kappa shape index (κ2) is 6.30. The number of amides is 2. The van der Waals surface area contributed by atoms with Crippen LogP contribution >= 0.6 is 0 Å². The number of carbonyl (C=O) groups is 2. The highest BCUT2D eigenvalue weighted by atomic mass is 16.4. The molecule has 1 atom stereocenters. The Morgan fingerprint density at radius 2 is 2.05 bits per heavy atom. The van der Waals surface area contributed by atoms with Gasteiger partial charge in [-0.05, 0) is 19.9 Å². The molecule has 6 heteroatoms. The number of aryl methyl sites for hydroxylation is 1. The first kappa shape index (κ1) is 14.9. The summed E-state index contributed by atoms with van der Waals surface area (Å²) in [5.74, 6) is -0.249. The molecule has 0 aliphatic heterocycles. The van der Waals surface area contributed by atoms with E-state index in [0.717, 1.165) is 16.5 Å². The molecule has 1 aromatic carbocycles. The number of hydrogen-bond acceptors (Lipinski definition) is 3. The maximum atomic E-state index is 11.7. The molecule has 112 valence electrons. The van der Waals surface area contributed by atoms with Crippen LogP contribution in [0.2, 0.25) is 0 Å². The highest BCUT2D eigenvalue weighted by Gasteiger charge is 2.18. The number of hydrogen-bond donors (Lipinski definition) is 3. The van der Waals surface area contributed by atoms with Gasteiger partial charge in [0.15, 0.2) is 0 Å². The summed E-state index contributed by atoms with van der Waals surface area (Å²) in [6.07, 6.45) is -0.106. The summed E-state index contributed by atoms with van der Waals surface area (Å²) in [7, 11) is 0. The number of carbonyl (C=O) groups excluding carboxylic acids is 1. The molecular formula is C15H18N2O4. The third kappa shape index (κ3) is 3.53. The third-order valence-electron chi connectivity index (χ3n) is 3.25. The number of urea groups is 1. The number of para-hydroxylation sites is 1. The van der Waals surface area contributed by atoms with Crippen molar-refractivity contribution in [2.45, 2.75) is 26.3 Å². The third-order valence-corrected chi connectivity index (χ3v) is 3.25. The van der Waals surface area contributed by atoms with Crippen molar-refractivity contribution in [2.75, 3.05) is 6.54 Å². The average Bonchev–Trinajstić information content (AvgIpc) is 2.76. The summed E-state index contributed by atoms with van der Waals surface area (Å²) in [5, 5.41) is 14.8. The molecule has 6 nitrogen and oxygen atoms in total. The van der Waals surface area contributed by atoms with Crippen LogP contribution in [0.5, 0.6) is 0 Å². The summed E-state index contributed by atoms with van der Waals surface area (Å²) in [4.78, 5) is 22.1. The molecule has 0 saturated carbocycles. The van der Waals surface area contributed by atoms with Crippen LogP contribution < -0.4 is 10.6 Å². The van der Waals surface area contributed by atoms with Crippen LogP contribution in [0.4, 0.5) is 4.79 Å². The summed E-state index contributed by atoms with van der Waals surface area (Å²) in [6, 6.07) is 6.96. The fourth-order valence-electron chi connectivity index (χ4n) is 2.20. The summed E-state index contributed by atoms with van der Waals surface area (Å²) >= 11 is 0. The van der Waals surface area contributed by atoms with Crippen molar-refractivity contribution < 1.29 is 19.1 Å². The van der Waals surface area contributed by atoms with Gasteiger partial charge < -0.3 is 20.2 Å². The molecule has 2 aromatic rings. The van der Waals surface area contributed by atoms with E-state index in [1.54, 1.807) is 0 Å². The lowest BCUT2D eigenvalue weighted by Crippen LogP contribution is -2.38. The largest absolute Gasteiger partial charge is 0.481 e. The van der Waals surface area contributed by atoms with Gasteiger partial charge in [0.2, 0.25) is 0 Å². The van der Waals surface area contributed by atoms with E-state index in [2.05, 4.69) is 10.6 Å². The molecule has 0 saturated heterocycles. The van der Waals surface area contributed by atoms with E-state index in [4.69, 9.17) is 9.52 Å². The van der Waals surface area contributed by atoms with Crippen molar-refractivity contribution in [2.24, 2.45) is 0 Å².